The standard InChI is InChI=1S/C12H13ClN4/c13-10-3-2-8(7-15-10)12(4-1-5-12)9-6-11(14)17-16-9/h2-3,6-7H,1,4-5H2,(H3,14,16,17). The van der Waals surface area contributed by atoms with E-state index in [1.54, 1.807) is 0 Å². The highest BCUT2D eigenvalue weighted by molar-refractivity contribution is 6.29. The van der Waals surface area contributed by atoms with Crippen molar-refractivity contribution in [2.24, 2.45) is 0 Å². The molecule has 1 aliphatic rings. The van der Waals surface area contributed by atoms with Crippen LogP contribution in [0.3, 0.4) is 0 Å². The fourth-order valence-corrected chi connectivity index (χ4v) is 2.60. The molecule has 1 fully saturated rings. The van der Waals surface area contributed by atoms with Crippen molar-refractivity contribution >= 4 is 17.4 Å². The third-order valence-corrected chi connectivity index (χ3v) is 3.82. The average Bonchev–Trinajstić information content (AvgIpc) is 2.67. The van der Waals surface area contributed by atoms with Crippen molar-refractivity contribution in [1.82, 2.24) is 15.2 Å². The number of nitrogens with one attached hydrogen (secondary N) is 1. The van der Waals surface area contributed by atoms with Crippen LogP contribution < -0.4 is 5.73 Å². The molecule has 4 nitrogen and oxygen atoms in total. The number of nitrogens with zero attached hydrogens (tertiary/aromatic N) is 2. The van der Waals surface area contributed by atoms with E-state index in [-0.39, 0.29) is 5.41 Å². The van der Waals surface area contributed by atoms with Crippen LogP contribution in [0.1, 0.15) is 30.5 Å². The molecule has 0 saturated heterocycles. The van der Waals surface area contributed by atoms with E-state index in [4.69, 9.17) is 17.3 Å². The number of hydrogen-bond acceptors (Lipinski definition) is 3. The Morgan fingerprint density at radius 3 is 2.65 bits per heavy atom. The van der Waals surface area contributed by atoms with Gasteiger partial charge in [-0.2, -0.15) is 5.10 Å². The Morgan fingerprint density at radius 2 is 2.18 bits per heavy atom. The molecule has 0 spiro atoms. The van der Waals surface area contributed by atoms with E-state index < -0.39 is 0 Å². The molecule has 0 atom stereocenters. The van der Waals surface area contributed by atoms with E-state index in [0.29, 0.717) is 11.0 Å². The van der Waals surface area contributed by atoms with E-state index in [9.17, 15) is 0 Å². The van der Waals surface area contributed by atoms with E-state index >= 15 is 0 Å². The molecule has 88 valence electrons. The molecule has 2 aromatic heterocycles. The summed E-state index contributed by atoms with van der Waals surface area (Å²) in [5.74, 6) is 0.535. The molecule has 0 unspecified atom stereocenters. The van der Waals surface area contributed by atoms with Crippen LogP contribution in [0.2, 0.25) is 5.15 Å². The monoisotopic (exact) mass is 248 g/mol. The lowest BCUT2D eigenvalue weighted by Crippen LogP contribution is -2.36. The minimum absolute atomic E-state index is 0.00219. The molecule has 3 N–H and O–H groups in total. The molecule has 1 aliphatic carbocycles. The molecule has 3 rings (SSSR count). The highest BCUT2D eigenvalue weighted by Crippen LogP contribution is 2.48. The van der Waals surface area contributed by atoms with E-state index in [1.807, 2.05) is 24.4 Å². The van der Waals surface area contributed by atoms with Crippen LogP contribution in [0.5, 0.6) is 0 Å². The summed E-state index contributed by atoms with van der Waals surface area (Å²) in [6.45, 7) is 0. The quantitative estimate of drug-likeness (QED) is 0.803. The summed E-state index contributed by atoms with van der Waals surface area (Å²) in [5.41, 5.74) is 7.93. The molecule has 17 heavy (non-hydrogen) atoms. The van der Waals surface area contributed by atoms with E-state index in [0.717, 1.165) is 18.5 Å². The van der Waals surface area contributed by atoms with E-state index in [1.165, 1.54) is 12.0 Å². The Kier molecular flexibility index (Phi) is 2.33. The van der Waals surface area contributed by atoms with Gasteiger partial charge in [-0.05, 0) is 24.5 Å². The first-order valence-corrected chi connectivity index (χ1v) is 6.02. The van der Waals surface area contributed by atoms with Gasteiger partial charge in [-0.25, -0.2) is 4.98 Å². The van der Waals surface area contributed by atoms with Crippen LogP contribution in [-0.2, 0) is 5.41 Å². The van der Waals surface area contributed by atoms with Crippen molar-refractivity contribution < 1.29 is 0 Å². The summed E-state index contributed by atoms with van der Waals surface area (Å²) < 4.78 is 0. The number of pyridine rings is 1. The van der Waals surface area contributed by atoms with Crippen LogP contribution in [-0.4, -0.2) is 15.2 Å². The lowest BCUT2D eigenvalue weighted by atomic mass is 9.63. The second-order valence-corrected chi connectivity index (χ2v) is 4.90. The van der Waals surface area contributed by atoms with Crippen molar-refractivity contribution in [3.8, 4) is 0 Å². The minimum Gasteiger partial charge on any atom is -0.382 e. The van der Waals surface area contributed by atoms with Crippen molar-refractivity contribution in [2.45, 2.75) is 24.7 Å². The predicted molar refractivity (Wildman–Crippen MR) is 66.9 cm³/mol. The van der Waals surface area contributed by atoms with Gasteiger partial charge in [-0.3, -0.25) is 5.10 Å². The molecule has 1 saturated carbocycles. The molecule has 0 radical (unpaired) electrons. The maximum absolute atomic E-state index is 5.82. The van der Waals surface area contributed by atoms with Crippen LogP contribution in [0.25, 0.3) is 0 Å². The third kappa shape index (κ3) is 1.60. The Hall–Kier alpha value is -1.55. The normalized spacial score (nSPS) is 17.7. The largest absolute Gasteiger partial charge is 0.382 e. The first-order valence-electron chi connectivity index (χ1n) is 5.64. The molecule has 2 aromatic rings. The first kappa shape index (κ1) is 10.6. The Morgan fingerprint density at radius 1 is 1.35 bits per heavy atom. The summed E-state index contributed by atoms with van der Waals surface area (Å²) in [6, 6.07) is 5.77. The smallest absolute Gasteiger partial charge is 0.145 e. The van der Waals surface area contributed by atoms with Crippen LogP contribution in [0.15, 0.2) is 24.4 Å². The van der Waals surface area contributed by atoms with Crippen LogP contribution in [0, 0.1) is 0 Å². The maximum Gasteiger partial charge on any atom is 0.145 e. The lowest BCUT2D eigenvalue weighted by Gasteiger charge is -2.41. The summed E-state index contributed by atoms with van der Waals surface area (Å²) in [4.78, 5) is 4.16. The van der Waals surface area contributed by atoms with Crippen molar-refractivity contribution in [3.05, 3.63) is 40.8 Å². The van der Waals surface area contributed by atoms with Crippen molar-refractivity contribution in [3.63, 3.8) is 0 Å². The number of aromatic nitrogens is 3. The average molecular weight is 249 g/mol. The Labute approximate surface area is 104 Å². The molecular formula is C12H13ClN4. The number of hydrogen-bond donors (Lipinski definition) is 2. The summed E-state index contributed by atoms with van der Waals surface area (Å²) in [7, 11) is 0. The summed E-state index contributed by atoms with van der Waals surface area (Å²) in [6.07, 6.45) is 5.25. The highest BCUT2D eigenvalue weighted by atomic mass is 35.5. The van der Waals surface area contributed by atoms with Gasteiger partial charge < -0.3 is 5.73 Å². The molecule has 0 bridgehead atoms. The molecule has 5 heteroatoms. The Bertz CT molecular complexity index is 528. The second-order valence-electron chi connectivity index (χ2n) is 4.51. The third-order valence-electron chi connectivity index (χ3n) is 3.60. The zero-order valence-electron chi connectivity index (χ0n) is 9.28. The number of nitrogens with two attached hydrogens (primary N) is 1. The minimum atomic E-state index is 0.00219. The van der Waals surface area contributed by atoms with Crippen LogP contribution in [0.4, 0.5) is 5.82 Å². The SMILES string of the molecule is Nc1cc(C2(c3ccc(Cl)nc3)CCC2)[nH]n1. The zero-order chi connectivity index (χ0) is 11.9. The fraction of sp³-hybridized carbons (Fsp3) is 0.333. The lowest BCUT2D eigenvalue weighted by molar-refractivity contribution is 0.292. The van der Waals surface area contributed by atoms with Gasteiger partial charge in [0.1, 0.15) is 11.0 Å². The summed E-state index contributed by atoms with van der Waals surface area (Å²) >= 11 is 5.82. The predicted octanol–water partition coefficient (Wildman–Crippen LogP) is 2.51. The fourth-order valence-electron chi connectivity index (χ4n) is 2.49. The van der Waals surface area contributed by atoms with Gasteiger partial charge in [0.05, 0.1) is 0 Å². The van der Waals surface area contributed by atoms with Gasteiger partial charge in [0.15, 0.2) is 0 Å². The maximum atomic E-state index is 5.82. The number of anilines is 1. The van der Waals surface area contributed by atoms with Gasteiger partial charge in [0, 0.05) is 23.4 Å². The van der Waals surface area contributed by atoms with Crippen LogP contribution >= 0.6 is 11.6 Å². The van der Waals surface area contributed by atoms with Crippen molar-refractivity contribution in [1.29, 1.82) is 0 Å². The molecular weight excluding hydrogens is 236 g/mol. The van der Waals surface area contributed by atoms with Gasteiger partial charge in [-0.15, -0.1) is 0 Å². The zero-order valence-corrected chi connectivity index (χ0v) is 10.0. The van der Waals surface area contributed by atoms with Gasteiger partial charge in [0.2, 0.25) is 0 Å². The molecule has 0 aromatic carbocycles. The van der Waals surface area contributed by atoms with Gasteiger partial charge in [-0.1, -0.05) is 24.1 Å². The van der Waals surface area contributed by atoms with E-state index in [2.05, 4.69) is 15.2 Å². The first-order chi connectivity index (χ1) is 8.21. The Balaban J connectivity index is 2.05. The number of halogens is 1. The number of rotatable bonds is 2. The number of aromatic amines is 1. The topological polar surface area (TPSA) is 67.6 Å². The molecule has 0 aliphatic heterocycles. The number of nitrogen functional groups attached to an aromatic ring is 1. The molecule has 2 heterocycles. The highest BCUT2D eigenvalue weighted by Gasteiger charge is 2.42. The van der Waals surface area contributed by atoms with Gasteiger partial charge >= 0.3 is 0 Å². The second kappa shape index (κ2) is 3.74. The molecule has 0 amide bonds. The summed E-state index contributed by atoms with van der Waals surface area (Å²) in [5, 5.41) is 7.56. The number of H-pyrrole nitrogens is 1. The van der Waals surface area contributed by atoms with Crippen molar-refractivity contribution in [2.75, 3.05) is 5.73 Å². The van der Waals surface area contributed by atoms with Gasteiger partial charge in [0.25, 0.3) is 0 Å².